The SMILES string of the molecule is COC(=O)c1cc2c(cc1C(F)(F)F)CCS2(=O)=O. The highest BCUT2D eigenvalue weighted by atomic mass is 32.2. The predicted octanol–water partition coefficient (Wildman–Crippen LogP) is 1.82. The molecule has 0 aromatic heterocycles. The molecule has 0 amide bonds. The van der Waals surface area contributed by atoms with E-state index in [0.717, 1.165) is 13.2 Å². The van der Waals surface area contributed by atoms with Gasteiger partial charge in [0.05, 0.1) is 28.9 Å². The van der Waals surface area contributed by atoms with Crippen molar-refractivity contribution >= 4 is 15.8 Å². The molecule has 104 valence electrons. The number of alkyl halides is 3. The highest BCUT2D eigenvalue weighted by Gasteiger charge is 2.39. The Morgan fingerprint density at radius 3 is 2.47 bits per heavy atom. The van der Waals surface area contributed by atoms with Gasteiger partial charge in [-0.1, -0.05) is 0 Å². The Kier molecular flexibility index (Phi) is 3.08. The van der Waals surface area contributed by atoms with Gasteiger partial charge in [-0.3, -0.25) is 0 Å². The van der Waals surface area contributed by atoms with Crippen LogP contribution in [0.1, 0.15) is 21.5 Å². The Morgan fingerprint density at radius 1 is 1.32 bits per heavy atom. The standard InChI is InChI=1S/C11H9F3O4S/c1-18-10(15)7-5-9-6(2-3-19(9,16)17)4-8(7)11(12,13)14/h4-5H,2-3H2,1H3. The number of aryl methyl sites for hydroxylation is 1. The lowest BCUT2D eigenvalue weighted by atomic mass is 10.0. The van der Waals surface area contributed by atoms with Crippen LogP contribution in [0.25, 0.3) is 0 Å². The molecule has 1 aliphatic heterocycles. The van der Waals surface area contributed by atoms with Crippen molar-refractivity contribution in [2.75, 3.05) is 12.9 Å². The summed E-state index contributed by atoms with van der Waals surface area (Å²) in [5, 5.41) is 0. The maximum Gasteiger partial charge on any atom is 0.417 e. The van der Waals surface area contributed by atoms with Crippen LogP contribution in [-0.4, -0.2) is 27.2 Å². The third kappa shape index (κ3) is 2.32. The van der Waals surface area contributed by atoms with Crippen molar-refractivity contribution in [1.82, 2.24) is 0 Å². The number of esters is 1. The van der Waals surface area contributed by atoms with E-state index in [-0.39, 0.29) is 22.6 Å². The first kappa shape index (κ1) is 13.9. The highest BCUT2D eigenvalue weighted by molar-refractivity contribution is 7.91. The first-order chi connectivity index (χ1) is 8.66. The molecule has 0 bridgehead atoms. The summed E-state index contributed by atoms with van der Waals surface area (Å²) in [6.45, 7) is 0. The van der Waals surface area contributed by atoms with Gasteiger partial charge < -0.3 is 4.74 Å². The molecule has 1 aromatic carbocycles. The van der Waals surface area contributed by atoms with Gasteiger partial charge >= 0.3 is 12.1 Å². The third-order valence-corrected chi connectivity index (χ3v) is 4.68. The molecular weight excluding hydrogens is 285 g/mol. The fourth-order valence-electron chi connectivity index (χ4n) is 1.98. The monoisotopic (exact) mass is 294 g/mol. The first-order valence-corrected chi connectivity index (χ1v) is 6.87. The minimum absolute atomic E-state index is 0.0161. The number of methoxy groups -OCH3 is 1. The van der Waals surface area contributed by atoms with Crippen LogP contribution in [0.4, 0.5) is 13.2 Å². The number of ether oxygens (including phenoxy) is 1. The number of rotatable bonds is 1. The summed E-state index contributed by atoms with van der Waals surface area (Å²) in [5.74, 6) is -1.46. The molecule has 0 unspecified atom stereocenters. The van der Waals surface area contributed by atoms with Gasteiger partial charge in [0.25, 0.3) is 0 Å². The summed E-state index contributed by atoms with van der Waals surface area (Å²) >= 11 is 0. The molecule has 1 aromatic rings. The number of hydrogen-bond acceptors (Lipinski definition) is 4. The van der Waals surface area contributed by atoms with Gasteiger partial charge in [-0.05, 0) is 24.1 Å². The molecule has 19 heavy (non-hydrogen) atoms. The molecule has 2 rings (SSSR count). The van der Waals surface area contributed by atoms with E-state index < -0.39 is 33.1 Å². The van der Waals surface area contributed by atoms with Crippen LogP contribution in [0.3, 0.4) is 0 Å². The summed E-state index contributed by atoms with van der Waals surface area (Å²) in [6, 6.07) is 1.47. The number of fused-ring (bicyclic) bond motifs is 1. The molecule has 0 radical (unpaired) electrons. The van der Waals surface area contributed by atoms with Crippen LogP contribution in [-0.2, 0) is 27.2 Å². The van der Waals surface area contributed by atoms with Crippen molar-refractivity contribution in [3.63, 3.8) is 0 Å². The predicted molar refractivity (Wildman–Crippen MR) is 58.5 cm³/mol. The first-order valence-electron chi connectivity index (χ1n) is 5.22. The summed E-state index contributed by atoms with van der Waals surface area (Å²) in [5.41, 5.74) is -1.87. The van der Waals surface area contributed by atoms with E-state index in [9.17, 15) is 26.4 Å². The lowest BCUT2D eigenvalue weighted by Crippen LogP contribution is -2.15. The lowest BCUT2D eigenvalue weighted by Gasteiger charge is -2.13. The van der Waals surface area contributed by atoms with Gasteiger partial charge in [0.15, 0.2) is 9.84 Å². The number of benzene rings is 1. The Balaban J connectivity index is 2.74. The van der Waals surface area contributed by atoms with Crippen molar-refractivity contribution in [2.45, 2.75) is 17.5 Å². The zero-order valence-corrected chi connectivity index (χ0v) is 10.6. The van der Waals surface area contributed by atoms with Crippen LogP contribution in [0.5, 0.6) is 0 Å². The van der Waals surface area contributed by atoms with Crippen LogP contribution in [0.15, 0.2) is 17.0 Å². The molecule has 0 saturated heterocycles. The topological polar surface area (TPSA) is 60.4 Å². The molecule has 8 heteroatoms. The van der Waals surface area contributed by atoms with Crippen molar-refractivity contribution in [1.29, 1.82) is 0 Å². The van der Waals surface area contributed by atoms with Crippen LogP contribution in [0.2, 0.25) is 0 Å². The largest absolute Gasteiger partial charge is 0.465 e. The Morgan fingerprint density at radius 2 is 1.95 bits per heavy atom. The van der Waals surface area contributed by atoms with Gasteiger partial charge in [0, 0.05) is 0 Å². The smallest absolute Gasteiger partial charge is 0.417 e. The van der Waals surface area contributed by atoms with E-state index in [1.165, 1.54) is 0 Å². The van der Waals surface area contributed by atoms with Crippen molar-refractivity contribution in [2.24, 2.45) is 0 Å². The molecule has 1 heterocycles. The second-order valence-corrected chi connectivity index (χ2v) is 6.14. The minimum Gasteiger partial charge on any atom is -0.465 e. The van der Waals surface area contributed by atoms with Gasteiger partial charge in [-0.25, -0.2) is 13.2 Å². The lowest BCUT2D eigenvalue weighted by molar-refractivity contribution is -0.138. The molecule has 0 N–H and O–H groups in total. The van der Waals surface area contributed by atoms with Gasteiger partial charge in [-0.2, -0.15) is 13.2 Å². The number of hydrogen-bond donors (Lipinski definition) is 0. The average Bonchev–Trinajstić information content (AvgIpc) is 2.61. The van der Waals surface area contributed by atoms with Gasteiger partial charge in [0.2, 0.25) is 0 Å². The second kappa shape index (κ2) is 4.22. The molecule has 0 atom stereocenters. The molecule has 0 spiro atoms. The van der Waals surface area contributed by atoms with E-state index in [0.29, 0.717) is 6.07 Å². The average molecular weight is 294 g/mol. The fraction of sp³-hybridized carbons (Fsp3) is 0.364. The summed E-state index contributed by atoms with van der Waals surface area (Å²) in [7, 11) is -2.67. The van der Waals surface area contributed by atoms with E-state index in [2.05, 4.69) is 4.74 Å². The van der Waals surface area contributed by atoms with E-state index in [1.807, 2.05) is 0 Å². The number of carbonyl (C=O) groups is 1. The maximum atomic E-state index is 12.8. The number of sulfone groups is 1. The molecular formula is C11H9F3O4S. The Labute approximate surface area is 107 Å². The van der Waals surface area contributed by atoms with Crippen LogP contribution < -0.4 is 0 Å². The van der Waals surface area contributed by atoms with E-state index >= 15 is 0 Å². The number of carbonyl (C=O) groups excluding carboxylic acids is 1. The van der Waals surface area contributed by atoms with Crippen molar-refractivity contribution in [3.05, 3.63) is 28.8 Å². The van der Waals surface area contributed by atoms with Crippen molar-refractivity contribution < 1.29 is 31.1 Å². The van der Waals surface area contributed by atoms with E-state index in [4.69, 9.17) is 0 Å². The van der Waals surface area contributed by atoms with Crippen LogP contribution >= 0.6 is 0 Å². The fourth-order valence-corrected chi connectivity index (χ4v) is 3.54. The maximum absolute atomic E-state index is 12.8. The van der Waals surface area contributed by atoms with Gasteiger partial charge in [0.1, 0.15) is 0 Å². The Bertz CT molecular complexity index is 647. The quantitative estimate of drug-likeness (QED) is 0.741. The van der Waals surface area contributed by atoms with Crippen LogP contribution in [0, 0.1) is 0 Å². The summed E-state index contributed by atoms with van der Waals surface area (Å²) in [4.78, 5) is 11.2. The summed E-state index contributed by atoms with van der Waals surface area (Å²) in [6.07, 6.45) is -4.73. The second-order valence-electron chi connectivity index (χ2n) is 4.06. The highest BCUT2D eigenvalue weighted by Crippen LogP contribution is 2.37. The normalized spacial score (nSPS) is 17.1. The zero-order valence-electron chi connectivity index (χ0n) is 9.74. The van der Waals surface area contributed by atoms with Crippen molar-refractivity contribution in [3.8, 4) is 0 Å². The minimum atomic E-state index is -4.75. The number of halogens is 3. The molecule has 0 saturated carbocycles. The Hall–Kier alpha value is -1.57. The molecule has 0 aliphatic carbocycles. The van der Waals surface area contributed by atoms with Gasteiger partial charge in [-0.15, -0.1) is 0 Å². The molecule has 4 nitrogen and oxygen atoms in total. The zero-order chi connectivity index (χ0) is 14.4. The summed E-state index contributed by atoms with van der Waals surface area (Å²) < 4.78 is 66.1. The third-order valence-electron chi connectivity index (χ3n) is 2.89. The van der Waals surface area contributed by atoms with E-state index in [1.54, 1.807) is 0 Å². The molecule has 1 aliphatic rings. The molecule has 0 fully saturated rings.